The number of carbonyl (C=O) groups is 3. The molecule has 3 aromatic heterocycles. The average molecular weight is 520 g/mol. The number of hydrogen-bond donors (Lipinski definition) is 1. The van der Waals surface area contributed by atoms with Crippen LogP contribution >= 0.6 is 11.3 Å². The lowest BCUT2D eigenvalue weighted by atomic mass is 10.1. The van der Waals surface area contributed by atoms with Crippen LogP contribution in [0.5, 0.6) is 11.5 Å². The summed E-state index contributed by atoms with van der Waals surface area (Å²) in [6.07, 6.45) is 4.14. The van der Waals surface area contributed by atoms with Gasteiger partial charge in [0, 0.05) is 51.1 Å². The summed E-state index contributed by atoms with van der Waals surface area (Å²) in [4.78, 5) is 41.6. The Morgan fingerprint density at radius 3 is 2.70 bits per heavy atom. The molecule has 1 fully saturated rings. The summed E-state index contributed by atoms with van der Waals surface area (Å²) in [6.45, 7) is 6.49. The fourth-order valence-electron chi connectivity index (χ4n) is 4.92. The maximum absolute atomic E-state index is 13.4. The molecule has 37 heavy (non-hydrogen) atoms. The van der Waals surface area contributed by atoms with E-state index in [1.807, 2.05) is 32.0 Å². The van der Waals surface area contributed by atoms with E-state index in [9.17, 15) is 14.4 Å². The number of likely N-dealkylation sites (tertiary alicyclic amines) is 1. The van der Waals surface area contributed by atoms with Crippen LogP contribution in [0.1, 0.15) is 44.5 Å². The number of likely N-dealkylation sites (N-methyl/N-ethyl adjacent to an activating group) is 1. The van der Waals surface area contributed by atoms with Crippen LogP contribution in [0.3, 0.4) is 0 Å². The van der Waals surface area contributed by atoms with E-state index in [1.54, 1.807) is 53.8 Å². The number of benzene rings is 1. The van der Waals surface area contributed by atoms with Crippen LogP contribution in [0, 0.1) is 13.8 Å². The Morgan fingerprint density at radius 2 is 1.97 bits per heavy atom. The van der Waals surface area contributed by atoms with Gasteiger partial charge >= 0.3 is 0 Å². The second kappa shape index (κ2) is 9.51. The van der Waals surface area contributed by atoms with E-state index in [0.29, 0.717) is 35.0 Å². The molecule has 1 atom stereocenters. The van der Waals surface area contributed by atoms with E-state index >= 15 is 0 Å². The maximum Gasteiger partial charge on any atom is 0.261 e. The van der Waals surface area contributed by atoms with Gasteiger partial charge in [-0.05, 0) is 55.0 Å². The molecule has 10 heteroatoms. The second-order valence-corrected chi connectivity index (χ2v) is 10.4. The molecule has 0 spiro atoms. The van der Waals surface area contributed by atoms with Gasteiger partial charge in [-0.1, -0.05) is 0 Å². The Balaban J connectivity index is 1.44. The molecule has 5 rings (SSSR count). The molecule has 9 nitrogen and oxygen atoms in total. The predicted octanol–water partition coefficient (Wildman–Crippen LogP) is 4.01. The minimum Gasteiger partial charge on any atom is -0.455 e. The van der Waals surface area contributed by atoms with E-state index in [1.165, 1.54) is 11.3 Å². The minimum absolute atomic E-state index is 0.00294. The summed E-state index contributed by atoms with van der Waals surface area (Å²) in [7, 11) is 3.40. The van der Waals surface area contributed by atoms with E-state index in [2.05, 4.69) is 10.4 Å². The van der Waals surface area contributed by atoms with Gasteiger partial charge in [0.1, 0.15) is 11.3 Å². The van der Waals surface area contributed by atoms with Crippen molar-refractivity contribution in [3.05, 3.63) is 58.2 Å². The molecular formula is C27H29N5O4S. The SMILES string of the molecule is CNC(=O)c1sc2cc(Oc3ccnn4cc(C(=O)N5CC[C@H](N(C)C(C)=O)C5)c(C)c34)ccc2c1C. The standard InChI is InChI=1S/C27H29N5O4S/c1-15-21(27(35)31-11-9-18(13-31)30(5)17(3)33)14-32-24(15)22(8-10-29-32)36-19-6-7-20-16(2)25(26(34)28-4)37-23(20)12-19/h6-8,10,12,14,18H,9,11,13H2,1-5H3,(H,28,34)/t18-/m0/s1. The number of fused-ring (bicyclic) bond motifs is 2. The third-order valence-electron chi connectivity index (χ3n) is 7.19. The number of amides is 3. The number of nitrogens with zero attached hydrogens (tertiary/aromatic N) is 4. The number of nitrogens with one attached hydrogen (secondary N) is 1. The third kappa shape index (κ3) is 4.31. The number of rotatable bonds is 5. The maximum atomic E-state index is 13.4. The molecule has 0 aliphatic carbocycles. The van der Waals surface area contributed by atoms with Gasteiger partial charge in [-0.15, -0.1) is 11.3 Å². The molecule has 3 amide bonds. The number of thiophene rings is 1. The van der Waals surface area contributed by atoms with Crippen molar-refractivity contribution in [1.82, 2.24) is 24.7 Å². The van der Waals surface area contributed by atoms with Crippen molar-refractivity contribution in [3.63, 3.8) is 0 Å². The fourth-order valence-corrected chi connectivity index (χ4v) is 6.10. The quantitative estimate of drug-likeness (QED) is 0.430. The van der Waals surface area contributed by atoms with Crippen molar-refractivity contribution in [1.29, 1.82) is 0 Å². The van der Waals surface area contributed by atoms with Gasteiger partial charge in [-0.25, -0.2) is 4.52 Å². The monoisotopic (exact) mass is 519 g/mol. The molecule has 0 saturated carbocycles. The van der Waals surface area contributed by atoms with Crippen molar-refractivity contribution in [2.45, 2.75) is 33.2 Å². The Labute approximate surface area is 218 Å². The van der Waals surface area contributed by atoms with Gasteiger partial charge in [0.15, 0.2) is 5.75 Å². The molecule has 1 aromatic carbocycles. The normalized spacial score (nSPS) is 15.4. The largest absolute Gasteiger partial charge is 0.455 e. The van der Waals surface area contributed by atoms with E-state index in [0.717, 1.165) is 33.2 Å². The minimum atomic E-state index is -0.102. The molecule has 1 aliphatic rings. The lowest BCUT2D eigenvalue weighted by Crippen LogP contribution is -2.39. The first-order valence-corrected chi connectivity index (χ1v) is 12.9. The van der Waals surface area contributed by atoms with Gasteiger partial charge in [-0.3, -0.25) is 14.4 Å². The smallest absolute Gasteiger partial charge is 0.261 e. The summed E-state index contributed by atoms with van der Waals surface area (Å²) in [5, 5.41) is 8.11. The van der Waals surface area contributed by atoms with Crippen LogP contribution in [0.25, 0.3) is 15.6 Å². The number of aromatic nitrogens is 2. The van der Waals surface area contributed by atoms with E-state index in [4.69, 9.17) is 4.74 Å². The summed E-state index contributed by atoms with van der Waals surface area (Å²) in [5.41, 5.74) is 3.01. The Hall–Kier alpha value is -3.92. The third-order valence-corrected chi connectivity index (χ3v) is 8.44. The molecule has 0 radical (unpaired) electrons. The van der Waals surface area contributed by atoms with Crippen LogP contribution in [0.4, 0.5) is 0 Å². The fraction of sp³-hybridized carbons (Fsp3) is 0.333. The molecule has 1 aliphatic heterocycles. The van der Waals surface area contributed by atoms with Crippen molar-refractivity contribution < 1.29 is 19.1 Å². The summed E-state index contributed by atoms with van der Waals surface area (Å²) >= 11 is 1.43. The van der Waals surface area contributed by atoms with Crippen molar-refractivity contribution in [2.75, 3.05) is 27.2 Å². The Kier molecular flexibility index (Phi) is 6.36. The van der Waals surface area contributed by atoms with Gasteiger partial charge in [0.05, 0.1) is 22.7 Å². The van der Waals surface area contributed by atoms with Crippen LogP contribution in [-0.4, -0.2) is 70.4 Å². The zero-order chi connectivity index (χ0) is 26.4. The topological polar surface area (TPSA) is 96.2 Å². The highest BCUT2D eigenvalue weighted by atomic mass is 32.1. The average Bonchev–Trinajstić information content (AvgIpc) is 3.59. The van der Waals surface area contributed by atoms with Gasteiger partial charge in [-0.2, -0.15) is 5.10 Å². The number of carbonyl (C=O) groups excluding carboxylic acids is 3. The summed E-state index contributed by atoms with van der Waals surface area (Å²) < 4.78 is 8.92. The number of ether oxygens (including phenoxy) is 1. The molecule has 192 valence electrons. The van der Waals surface area contributed by atoms with Crippen molar-refractivity contribution >= 4 is 44.7 Å². The zero-order valence-corrected chi connectivity index (χ0v) is 22.3. The highest BCUT2D eigenvalue weighted by Crippen LogP contribution is 2.36. The molecule has 0 unspecified atom stereocenters. The summed E-state index contributed by atoms with van der Waals surface area (Å²) in [5.74, 6) is 1.03. The molecular weight excluding hydrogens is 490 g/mol. The highest BCUT2D eigenvalue weighted by molar-refractivity contribution is 7.21. The number of aryl methyl sites for hydroxylation is 2. The van der Waals surface area contributed by atoms with Crippen LogP contribution in [-0.2, 0) is 4.79 Å². The van der Waals surface area contributed by atoms with Crippen molar-refractivity contribution in [3.8, 4) is 11.5 Å². The van der Waals surface area contributed by atoms with Crippen LogP contribution in [0.15, 0.2) is 36.7 Å². The van der Waals surface area contributed by atoms with E-state index in [-0.39, 0.29) is 23.8 Å². The molecule has 1 saturated heterocycles. The van der Waals surface area contributed by atoms with Crippen LogP contribution in [0.2, 0.25) is 0 Å². The first-order valence-electron chi connectivity index (χ1n) is 12.1. The highest BCUT2D eigenvalue weighted by Gasteiger charge is 2.32. The second-order valence-electron chi connectivity index (χ2n) is 9.38. The number of hydrogen-bond acceptors (Lipinski definition) is 6. The van der Waals surface area contributed by atoms with E-state index < -0.39 is 0 Å². The van der Waals surface area contributed by atoms with Crippen LogP contribution < -0.4 is 10.1 Å². The Bertz CT molecular complexity index is 1560. The van der Waals surface area contributed by atoms with Gasteiger partial charge in [0.25, 0.3) is 11.8 Å². The molecule has 4 aromatic rings. The van der Waals surface area contributed by atoms with Gasteiger partial charge in [0.2, 0.25) is 5.91 Å². The predicted molar refractivity (Wildman–Crippen MR) is 143 cm³/mol. The first-order chi connectivity index (χ1) is 17.7. The molecule has 4 heterocycles. The molecule has 1 N–H and O–H groups in total. The Morgan fingerprint density at radius 1 is 1.19 bits per heavy atom. The summed E-state index contributed by atoms with van der Waals surface area (Å²) in [6, 6.07) is 7.58. The van der Waals surface area contributed by atoms with Gasteiger partial charge < -0.3 is 19.9 Å². The van der Waals surface area contributed by atoms with Crippen molar-refractivity contribution in [2.24, 2.45) is 0 Å². The first kappa shape index (κ1) is 24.8. The zero-order valence-electron chi connectivity index (χ0n) is 21.5. The molecule has 0 bridgehead atoms. The lowest BCUT2D eigenvalue weighted by Gasteiger charge is -2.23. The lowest BCUT2D eigenvalue weighted by molar-refractivity contribution is -0.129.